The largest absolute Gasteiger partial charge is 0.427 e. The van der Waals surface area contributed by atoms with Crippen molar-refractivity contribution in [3.63, 3.8) is 0 Å². The summed E-state index contributed by atoms with van der Waals surface area (Å²) in [5.41, 5.74) is 0.599. The van der Waals surface area contributed by atoms with E-state index in [1.165, 1.54) is 91.0 Å². The molecule has 42 heavy (non-hydrogen) atoms. The van der Waals surface area contributed by atoms with Crippen LogP contribution in [0.25, 0.3) is 33.4 Å². The van der Waals surface area contributed by atoms with Gasteiger partial charge in [0.25, 0.3) is 0 Å². The van der Waals surface area contributed by atoms with Crippen LogP contribution in [0.15, 0.2) is 127 Å². The van der Waals surface area contributed by atoms with Crippen molar-refractivity contribution in [3.8, 4) is 50.6 Å². The summed E-state index contributed by atoms with van der Waals surface area (Å²) in [5, 5.41) is 0. The number of hydrogen-bond donors (Lipinski definition) is 0. The van der Waals surface area contributed by atoms with Crippen LogP contribution >= 0.6 is 0 Å². The molecule has 12 heteroatoms. The Morgan fingerprint density at radius 3 is 0.833 bits per heavy atom. The minimum absolute atomic E-state index is 0.0514. The minimum atomic E-state index is -2.72. The Kier molecular flexibility index (Phi) is 9.25. The molecule has 0 aliphatic rings. The maximum absolute atomic E-state index is 13.7. The molecule has 4 rings (SSSR count). The molecule has 0 unspecified atom stereocenters. The quantitative estimate of drug-likeness (QED) is 0.143. The Bertz CT molecular complexity index is 1490. The van der Waals surface area contributed by atoms with E-state index in [4.69, 9.17) is 14.2 Å². The zero-order valence-corrected chi connectivity index (χ0v) is 20.8. The third-order valence-electron chi connectivity index (χ3n) is 5.57. The second-order valence-corrected chi connectivity index (χ2v) is 8.20. The van der Waals surface area contributed by atoms with Gasteiger partial charge in [0.05, 0.1) is 0 Å². The number of rotatable bonds is 9. The van der Waals surface area contributed by atoms with Crippen LogP contribution in [0.4, 0.5) is 39.5 Å². The fraction of sp³-hybridized carbons (Fsp3) is 0. The van der Waals surface area contributed by atoms with Gasteiger partial charge in [-0.15, -0.1) is 0 Å². The standard InChI is InChI=1S/C30H15F9O3/c31-25(32)28(37)40-22-10-4-1-7-19(22)16-13-17(20-8-2-5-11-23(20)41-29(38)26(33)34)15-18(14-16)21-9-3-6-12-24(21)42-30(39)27(35)36/h1-15H. The van der Waals surface area contributed by atoms with Crippen molar-refractivity contribution < 1.29 is 53.7 Å². The molecule has 0 atom stereocenters. The average Bonchev–Trinajstić information content (AvgIpc) is 2.97. The van der Waals surface area contributed by atoms with Gasteiger partial charge in [0.2, 0.25) is 0 Å². The fourth-order valence-corrected chi connectivity index (χ4v) is 3.88. The predicted molar refractivity (Wildman–Crippen MR) is 136 cm³/mol. The van der Waals surface area contributed by atoms with Crippen molar-refractivity contribution in [1.29, 1.82) is 0 Å². The van der Waals surface area contributed by atoms with E-state index in [-0.39, 0.29) is 50.6 Å². The summed E-state index contributed by atoms with van der Waals surface area (Å²) in [4.78, 5) is 0. The van der Waals surface area contributed by atoms with E-state index in [1.54, 1.807) is 0 Å². The van der Waals surface area contributed by atoms with Crippen LogP contribution in [0.3, 0.4) is 0 Å². The van der Waals surface area contributed by atoms with E-state index >= 15 is 0 Å². The van der Waals surface area contributed by atoms with Gasteiger partial charge in [-0.1, -0.05) is 54.6 Å². The van der Waals surface area contributed by atoms with E-state index in [2.05, 4.69) is 0 Å². The van der Waals surface area contributed by atoms with E-state index in [0.29, 0.717) is 0 Å². The van der Waals surface area contributed by atoms with Crippen LogP contribution in [0.5, 0.6) is 17.2 Å². The fourth-order valence-electron chi connectivity index (χ4n) is 3.88. The Morgan fingerprint density at radius 1 is 0.357 bits per heavy atom. The van der Waals surface area contributed by atoms with E-state index in [1.807, 2.05) is 0 Å². The summed E-state index contributed by atoms with van der Waals surface area (Å²) in [7, 11) is 0. The molecule has 0 spiro atoms. The second-order valence-electron chi connectivity index (χ2n) is 8.20. The molecule has 0 heterocycles. The molecule has 0 amide bonds. The van der Waals surface area contributed by atoms with Crippen LogP contribution in [0, 0.1) is 0 Å². The number of ether oxygens (including phenoxy) is 3. The Labute approximate surface area is 232 Å². The molecule has 0 bridgehead atoms. The highest BCUT2D eigenvalue weighted by molar-refractivity contribution is 5.86. The van der Waals surface area contributed by atoms with E-state index in [9.17, 15) is 39.5 Å². The molecule has 216 valence electrons. The maximum Gasteiger partial charge on any atom is 0.344 e. The lowest BCUT2D eigenvalue weighted by Gasteiger charge is -2.16. The van der Waals surface area contributed by atoms with Gasteiger partial charge in [-0.25, -0.2) is 0 Å². The second kappa shape index (κ2) is 13.0. The van der Waals surface area contributed by atoms with Gasteiger partial charge < -0.3 is 14.2 Å². The van der Waals surface area contributed by atoms with Crippen molar-refractivity contribution in [3.05, 3.63) is 127 Å². The number of halogens is 9. The molecule has 4 aromatic carbocycles. The van der Waals surface area contributed by atoms with Gasteiger partial charge in [0, 0.05) is 16.7 Å². The predicted octanol–water partition coefficient (Wildman–Crippen LogP) is 10.9. The van der Waals surface area contributed by atoms with Gasteiger partial charge in [0.1, 0.15) is 17.2 Å². The Hall–Kier alpha value is -5.13. The third kappa shape index (κ3) is 6.95. The zero-order valence-electron chi connectivity index (χ0n) is 20.8. The van der Waals surface area contributed by atoms with Crippen LogP contribution < -0.4 is 14.2 Å². The summed E-state index contributed by atoms with van der Waals surface area (Å²) < 4.78 is 132. The topological polar surface area (TPSA) is 27.7 Å². The van der Waals surface area contributed by atoms with E-state index < -0.39 is 36.3 Å². The highest BCUT2D eigenvalue weighted by Crippen LogP contribution is 2.42. The van der Waals surface area contributed by atoms with Crippen molar-refractivity contribution in [2.75, 3.05) is 0 Å². The Morgan fingerprint density at radius 2 is 0.595 bits per heavy atom. The first-order chi connectivity index (χ1) is 20.0. The molecule has 0 aliphatic heterocycles. The number of benzene rings is 4. The summed E-state index contributed by atoms with van der Waals surface area (Å²) in [6.07, 6.45) is -8.16. The first-order valence-electron chi connectivity index (χ1n) is 11.6. The van der Waals surface area contributed by atoms with Crippen LogP contribution in [-0.2, 0) is 0 Å². The maximum atomic E-state index is 13.7. The lowest BCUT2D eigenvalue weighted by molar-refractivity contribution is 0.242. The lowest BCUT2D eigenvalue weighted by atomic mass is 9.92. The van der Waals surface area contributed by atoms with Crippen LogP contribution in [0.2, 0.25) is 0 Å². The molecule has 0 aliphatic carbocycles. The minimum Gasteiger partial charge on any atom is -0.427 e. The normalized spacial score (nSPS) is 10.5. The molecule has 0 fully saturated rings. The molecule has 0 aromatic heterocycles. The number of hydrogen-bond acceptors (Lipinski definition) is 3. The van der Waals surface area contributed by atoms with Crippen molar-refractivity contribution in [2.24, 2.45) is 0 Å². The molecule has 0 saturated carbocycles. The summed E-state index contributed by atoms with van der Waals surface area (Å²) in [6, 6.07) is 14.0. The summed E-state index contributed by atoms with van der Waals surface area (Å²) in [6.45, 7) is 0. The van der Waals surface area contributed by atoms with Gasteiger partial charge in [0.15, 0.2) is 0 Å². The molecule has 0 radical (unpaired) electrons. The molecular weight excluding hydrogens is 579 g/mol. The molecular formula is C30H15F9O3. The van der Waals surface area contributed by atoms with E-state index in [0.717, 1.165) is 0 Å². The van der Waals surface area contributed by atoms with Gasteiger partial charge in [-0.3, -0.25) is 0 Å². The van der Waals surface area contributed by atoms with Crippen molar-refractivity contribution in [2.45, 2.75) is 0 Å². The third-order valence-corrected chi connectivity index (χ3v) is 5.57. The average molecular weight is 594 g/mol. The van der Waals surface area contributed by atoms with Gasteiger partial charge in [-0.2, -0.15) is 39.5 Å². The molecule has 4 aromatic rings. The summed E-state index contributed by atoms with van der Waals surface area (Å²) in [5.74, 6) is -1.08. The highest BCUT2D eigenvalue weighted by Gasteiger charge is 2.19. The van der Waals surface area contributed by atoms with Gasteiger partial charge in [-0.05, 0) is 53.1 Å². The first kappa shape index (κ1) is 29.8. The lowest BCUT2D eigenvalue weighted by Crippen LogP contribution is -1.97. The smallest absolute Gasteiger partial charge is 0.344 e. The Balaban J connectivity index is 1.99. The van der Waals surface area contributed by atoms with Crippen molar-refractivity contribution >= 4 is 0 Å². The highest BCUT2D eigenvalue weighted by atomic mass is 19.3. The molecule has 0 saturated heterocycles. The summed E-state index contributed by atoms with van der Waals surface area (Å²) >= 11 is 0. The van der Waals surface area contributed by atoms with Crippen LogP contribution in [-0.4, -0.2) is 0 Å². The number of para-hydroxylation sites is 3. The van der Waals surface area contributed by atoms with Crippen LogP contribution in [0.1, 0.15) is 0 Å². The molecule has 3 nitrogen and oxygen atoms in total. The SMILES string of the molecule is FC(F)=C(F)Oc1ccccc1-c1cc(-c2ccccc2OC(F)=C(F)F)cc(-c2ccccc2OC(F)=C(F)F)c1. The zero-order chi connectivity index (χ0) is 30.4. The molecule has 0 N–H and O–H groups in total. The first-order valence-corrected chi connectivity index (χ1v) is 11.6. The monoisotopic (exact) mass is 594 g/mol. The van der Waals surface area contributed by atoms with Crippen molar-refractivity contribution in [1.82, 2.24) is 0 Å². The van der Waals surface area contributed by atoms with Gasteiger partial charge >= 0.3 is 36.3 Å².